The van der Waals surface area contributed by atoms with E-state index < -0.39 is 0 Å². The summed E-state index contributed by atoms with van der Waals surface area (Å²) in [5.41, 5.74) is 8.62. The van der Waals surface area contributed by atoms with Gasteiger partial charge < -0.3 is 5.11 Å². The van der Waals surface area contributed by atoms with Crippen LogP contribution in [0.25, 0.3) is 0 Å². The highest BCUT2D eigenvalue weighted by Crippen LogP contribution is 2.44. The van der Waals surface area contributed by atoms with Crippen LogP contribution in [0.15, 0.2) is 35.4 Å². The second-order valence-corrected chi connectivity index (χ2v) is 9.61. The molecule has 0 aromatic heterocycles. The summed E-state index contributed by atoms with van der Waals surface area (Å²) in [6.07, 6.45) is 5.73. The molecule has 0 spiro atoms. The van der Waals surface area contributed by atoms with Gasteiger partial charge in [0.05, 0.1) is 53.1 Å². The highest BCUT2D eigenvalue weighted by atomic mass is 16.3. The van der Waals surface area contributed by atoms with Gasteiger partial charge in [0, 0.05) is 29.5 Å². The number of aromatic hydroxyl groups is 1. The lowest BCUT2D eigenvalue weighted by Gasteiger charge is -2.43. The summed E-state index contributed by atoms with van der Waals surface area (Å²) in [7, 11) is 8.52. The van der Waals surface area contributed by atoms with E-state index in [2.05, 4.69) is 38.7 Å². The molecule has 0 radical (unpaired) electrons. The summed E-state index contributed by atoms with van der Waals surface area (Å²) >= 11 is 0. The van der Waals surface area contributed by atoms with Crippen molar-refractivity contribution in [2.24, 2.45) is 5.10 Å². The molecule has 1 atom stereocenters. The van der Waals surface area contributed by atoms with E-state index in [1.54, 1.807) is 6.21 Å². The van der Waals surface area contributed by atoms with E-state index in [9.17, 15) is 9.90 Å². The predicted octanol–water partition coefficient (Wildman–Crippen LogP) is 3.18. The molecule has 30 heavy (non-hydrogen) atoms. The first-order chi connectivity index (χ1) is 14.2. The third-order valence-corrected chi connectivity index (χ3v) is 6.47. The van der Waals surface area contributed by atoms with Crippen molar-refractivity contribution in [2.45, 2.75) is 25.7 Å². The van der Waals surface area contributed by atoms with E-state index in [-0.39, 0.29) is 5.91 Å². The fourth-order valence-electron chi connectivity index (χ4n) is 4.85. The number of aryl methyl sites for hydroxylation is 1. The Bertz CT molecular complexity index is 1000. The highest BCUT2D eigenvalue weighted by Gasteiger charge is 2.38. The molecule has 2 N–H and O–H groups in total. The van der Waals surface area contributed by atoms with Gasteiger partial charge in [-0.2, -0.15) is 5.10 Å². The molecule has 0 aliphatic carbocycles. The number of nitrogens with one attached hydrogen (secondary N) is 1. The average Bonchev–Trinajstić information content (AvgIpc) is 2.70. The third kappa shape index (κ3) is 3.73. The van der Waals surface area contributed by atoms with Crippen molar-refractivity contribution in [1.29, 1.82) is 0 Å². The molecule has 0 fully saturated rings. The Kier molecular flexibility index (Phi) is 5.16. The summed E-state index contributed by atoms with van der Waals surface area (Å²) in [5.74, 6) is 0.0484. The van der Waals surface area contributed by atoms with Gasteiger partial charge in [-0.3, -0.25) is 13.8 Å². The molecule has 0 bridgehead atoms. The Labute approximate surface area is 178 Å². The Morgan fingerprint density at radius 1 is 1.13 bits per heavy atom. The highest BCUT2D eigenvalue weighted by molar-refractivity contribution is 5.95. The summed E-state index contributed by atoms with van der Waals surface area (Å²) in [4.78, 5) is 12.4. The van der Waals surface area contributed by atoms with Crippen LogP contribution in [0, 0.1) is 0 Å². The Hall–Kier alpha value is -2.70. The number of nitrogens with zero attached hydrogens (tertiary/aromatic N) is 3. The fourth-order valence-corrected chi connectivity index (χ4v) is 4.85. The summed E-state index contributed by atoms with van der Waals surface area (Å²) in [5, 5.41) is 15.0. The summed E-state index contributed by atoms with van der Waals surface area (Å²) in [6.45, 7) is 2.27. The number of carbonyl (C=O) groups excluding carboxylic acids is 1. The maximum Gasteiger partial charge on any atom is 0.271 e. The lowest BCUT2D eigenvalue weighted by Crippen LogP contribution is -2.52. The van der Waals surface area contributed by atoms with Crippen molar-refractivity contribution >= 4 is 23.5 Å². The number of hydrogen-bond donors (Lipinski definition) is 2. The Morgan fingerprint density at radius 2 is 1.80 bits per heavy atom. The molecular formula is C24H32N4O2+2. The molecule has 6 heteroatoms. The number of hydrazone groups is 1. The van der Waals surface area contributed by atoms with E-state index in [4.69, 9.17) is 0 Å². The molecule has 6 nitrogen and oxygen atoms in total. The normalized spacial score (nSPS) is 20.8. The molecule has 2 aliphatic heterocycles. The molecule has 2 aliphatic rings. The van der Waals surface area contributed by atoms with Crippen LogP contribution in [0.2, 0.25) is 0 Å². The van der Waals surface area contributed by atoms with E-state index in [0.717, 1.165) is 54.5 Å². The molecule has 0 saturated carbocycles. The van der Waals surface area contributed by atoms with Crippen LogP contribution < -0.4 is 14.4 Å². The minimum Gasteiger partial charge on any atom is -0.507 e. The summed E-state index contributed by atoms with van der Waals surface area (Å²) in [6, 6.07) is 9.56. The SMILES string of the molecule is C[N+](C)(C)c1ccc(C(=O)N/N=C/c2cc3c4c(c2O)CCC[N+]4(C)CCC3)cc1. The van der Waals surface area contributed by atoms with Crippen LogP contribution in [0.3, 0.4) is 0 Å². The van der Waals surface area contributed by atoms with E-state index in [1.807, 2.05) is 30.3 Å². The van der Waals surface area contributed by atoms with Crippen molar-refractivity contribution in [1.82, 2.24) is 14.4 Å². The van der Waals surface area contributed by atoms with Gasteiger partial charge in [-0.05, 0) is 43.2 Å². The number of phenolic OH excluding ortho intramolecular Hbond substituents is 1. The standard InChI is InChI=1S/C24H30N4O2/c1-27(2,3)20-11-9-17(10-12-20)24(30)26-25-16-19-15-18-7-5-13-28(4)14-6-8-21(22(18)28)23(19)29/h9-12,15-16H,5-8,13-14H2,1-4H3/p+2. The van der Waals surface area contributed by atoms with Crippen molar-refractivity contribution in [3.63, 3.8) is 0 Å². The number of quaternary nitrogens is 2. The van der Waals surface area contributed by atoms with Crippen LogP contribution in [0.5, 0.6) is 5.75 Å². The van der Waals surface area contributed by atoms with Crippen molar-refractivity contribution in [3.05, 3.63) is 52.6 Å². The average molecular weight is 409 g/mol. The molecular weight excluding hydrogens is 376 g/mol. The van der Waals surface area contributed by atoms with Crippen LogP contribution in [-0.2, 0) is 12.8 Å². The van der Waals surface area contributed by atoms with Crippen molar-refractivity contribution in [3.8, 4) is 5.75 Å². The monoisotopic (exact) mass is 408 g/mol. The van der Waals surface area contributed by atoms with Crippen molar-refractivity contribution in [2.75, 3.05) is 41.3 Å². The van der Waals surface area contributed by atoms with Gasteiger partial charge in [0.25, 0.3) is 5.91 Å². The van der Waals surface area contributed by atoms with Crippen LogP contribution in [-0.4, -0.2) is 58.5 Å². The summed E-state index contributed by atoms with van der Waals surface area (Å²) < 4.78 is 1.62. The first-order valence-corrected chi connectivity index (χ1v) is 10.7. The van der Waals surface area contributed by atoms with Gasteiger partial charge >= 0.3 is 0 Å². The topological polar surface area (TPSA) is 61.7 Å². The zero-order valence-corrected chi connectivity index (χ0v) is 18.4. The third-order valence-electron chi connectivity index (χ3n) is 6.47. The van der Waals surface area contributed by atoms with E-state index >= 15 is 0 Å². The second kappa shape index (κ2) is 7.52. The first kappa shape index (κ1) is 20.6. The van der Waals surface area contributed by atoms with Crippen LogP contribution >= 0.6 is 0 Å². The molecule has 158 valence electrons. The molecule has 1 unspecified atom stereocenters. The lowest BCUT2D eigenvalue weighted by atomic mass is 9.87. The fraction of sp³-hybridized carbons (Fsp3) is 0.417. The Morgan fingerprint density at radius 3 is 2.47 bits per heavy atom. The van der Waals surface area contributed by atoms with Crippen LogP contribution in [0.4, 0.5) is 11.4 Å². The largest absolute Gasteiger partial charge is 0.507 e. The number of phenols is 1. The maximum absolute atomic E-state index is 12.4. The molecule has 1 amide bonds. The molecule has 0 saturated heterocycles. The van der Waals surface area contributed by atoms with Gasteiger partial charge in [0.15, 0.2) is 0 Å². The van der Waals surface area contributed by atoms with Gasteiger partial charge in [0.1, 0.15) is 17.1 Å². The van der Waals surface area contributed by atoms with E-state index in [0.29, 0.717) is 21.4 Å². The molecule has 2 aromatic carbocycles. The Balaban J connectivity index is 1.53. The minimum absolute atomic E-state index is 0.262. The zero-order chi connectivity index (χ0) is 21.5. The number of carbonyl (C=O) groups is 1. The number of rotatable bonds is 4. The lowest BCUT2D eigenvalue weighted by molar-refractivity contribution is 0.0955. The van der Waals surface area contributed by atoms with Gasteiger partial charge in [-0.15, -0.1) is 0 Å². The second-order valence-electron chi connectivity index (χ2n) is 9.61. The first-order valence-electron chi connectivity index (χ1n) is 10.7. The van der Waals surface area contributed by atoms with Gasteiger partial charge in [-0.25, -0.2) is 5.43 Å². The zero-order valence-electron chi connectivity index (χ0n) is 18.4. The van der Waals surface area contributed by atoms with Gasteiger partial charge in [-0.1, -0.05) is 0 Å². The quantitative estimate of drug-likeness (QED) is 0.464. The van der Waals surface area contributed by atoms with Crippen LogP contribution in [0.1, 0.15) is 39.9 Å². The number of amides is 1. The number of hydrogen-bond acceptors (Lipinski definition) is 3. The van der Waals surface area contributed by atoms with Gasteiger partial charge in [0.2, 0.25) is 0 Å². The predicted molar refractivity (Wildman–Crippen MR) is 123 cm³/mol. The van der Waals surface area contributed by atoms with E-state index in [1.165, 1.54) is 11.3 Å². The maximum atomic E-state index is 12.4. The molecule has 2 aromatic rings. The minimum atomic E-state index is -0.262. The van der Waals surface area contributed by atoms with Crippen molar-refractivity contribution < 1.29 is 9.90 Å². The smallest absolute Gasteiger partial charge is 0.271 e. The molecule has 2 heterocycles. The molecule has 4 rings (SSSR count). The number of benzene rings is 2.